The Bertz CT molecular complexity index is 681. The van der Waals surface area contributed by atoms with Crippen LogP contribution in [-0.4, -0.2) is 33.6 Å². The van der Waals surface area contributed by atoms with Gasteiger partial charge in [0.15, 0.2) is 0 Å². The van der Waals surface area contributed by atoms with Gasteiger partial charge < -0.3 is 14.6 Å². The van der Waals surface area contributed by atoms with Gasteiger partial charge in [0.2, 0.25) is 0 Å². The molecule has 2 rings (SSSR count). The zero-order chi connectivity index (χ0) is 17.7. The van der Waals surface area contributed by atoms with Crippen LogP contribution in [0.25, 0.3) is 0 Å². The van der Waals surface area contributed by atoms with Gasteiger partial charge in [0.05, 0.1) is 0 Å². The molecule has 0 aliphatic heterocycles. The van der Waals surface area contributed by atoms with Crippen LogP contribution in [0.1, 0.15) is 35.9 Å². The first-order chi connectivity index (χ1) is 11.3. The zero-order valence-electron chi connectivity index (χ0n) is 13.2. The Morgan fingerprint density at radius 3 is 2.54 bits per heavy atom. The van der Waals surface area contributed by atoms with E-state index in [1.54, 1.807) is 6.33 Å². The van der Waals surface area contributed by atoms with E-state index < -0.39 is 6.36 Å². The fraction of sp³-hybridized carbons (Fsp3) is 0.400. The second-order valence-electron chi connectivity index (χ2n) is 5.37. The molecular formula is C15H17F3N4O2. The summed E-state index contributed by atoms with van der Waals surface area (Å²) < 4.78 is 41.8. The van der Waals surface area contributed by atoms with Gasteiger partial charge in [-0.15, -0.1) is 23.4 Å². The average Bonchev–Trinajstić information content (AvgIpc) is 2.95. The predicted molar refractivity (Wildman–Crippen MR) is 79.6 cm³/mol. The third-order valence-electron chi connectivity index (χ3n) is 3.15. The number of rotatable bonds is 6. The Balaban J connectivity index is 1.87. The van der Waals surface area contributed by atoms with E-state index in [-0.39, 0.29) is 23.1 Å². The van der Waals surface area contributed by atoms with Crippen LogP contribution in [0.15, 0.2) is 30.6 Å². The molecule has 1 amide bonds. The molecule has 1 N–H and O–H groups in total. The summed E-state index contributed by atoms with van der Waals surface area (Å²) in [6.07, 6.45) is -3.17. The maximum absolute atomic E-state index is 12.1. The highest BCUT2D eigenvalue weighted by atomic mass is 19.4. The Morgan fingerprint density at radius 1 is 1.29 bits per heavy atom. The molecule has 0 unspecified atom stereocenters. The Hall–Kier alpha value is -2.58. The molecule has 0 saturated carbocycles. The highest BCUT2D eigenvalue weighted by Gasteiger charge is 2.31. The SMILES string of the molecule is CC(C)c1nncn1CCNC(=O)c1ccc(OC(F)(F)F)cc1. The molecule has 0 aliphatic carbocycles. The van der Waals surface area contributed by atoms with Crippen molar-refractivity contribution in [2.75, 3.05) is 6.54 Å². The van der Waals surface area contributed by atoms with E-state index in [4.69, 9.17) is 0 Å². The Kier molecular flexibility index (Phi) is 5.42. The lowest BCUT2D eigenvalue weighted by Crippen LogP contribution is -2.27. The molecule has 0 saturated heterocycles. The summed E-state index contributed by atoms with van der Waals surface area (Å²) in [6, 6.07) is 4.74. The van der Waals surface area contributed by atoms with Gasteiger partial charge in [-0.25, -0.2) is 0 Å². The molecule has 0 bridgehead atoms. The molecule has 1 heterocycles. The summed E-state index contributed by atoms with van der Waals surface area (Å²) in [5.41, 5.74) is 0.248. The summed E-state index contributed by atoms with van der Waals surface area (Å²) >= 11 is 0. The summed E-state index contributed by atoms with van der Waals surface area (Å²) in [4.78, 5) is 12.0. The van der Waals surface area contributed by atoms with Gasteiger partial charge >= 0.3 is 6.36 Å². The minimum absolute atomic E-state index is 0.212. The quantitative estimate of drug-likeness (QED) is 0.876. The molecule has 0 aliphatic rings. The molecule has 1 aromatic carbocycles. The number of halogens is 3. The molecule has 6 nitrogen and oxygen atoms in total. The average molecular weight is 342 g/mol. The van der Waals surface area contributed by atoms with Crippen LogP contribution in [-0.2, 0) is 6.54 Å². The highest BCUT2D eigenvalue weighted by Crippen LogP contribution is 2.22. The van der Waals surface area contributed by atoms with Gasteiger partial charge in [0.25, 0.3) is 5.91 Å². The number of hydrogen-bond acceptors (Lipinski definition) is 4. The number of nitrogens with one attached hydrogen (secondary N) is 1. The summed E-state index contributed by atoms with van der Waals surface area (Å²) in [5.74, 6) is 0.278. The topological polar surface area (TPSA) is 69.0 Å². The maximum atomic E-state index is 12.1. The maximum Gasteiger partial charge on any atom is 0.573 e. The van der Waals surface area contributed by atoms with Crippen molar-refractivity contribution < 1.29 is 22.7 Å². The van der Waals surface area contributed by atoms with Crippen molar-refractivity contribution in [3.8, 4) is 5.75 Å². The minimum atomic E-state index is -4.75. The number of alkyl halides is 3. The van der Waals surface area contributed by atoms with Gasteiger partial charge in [0, 0.05) is 24.6 Å². The Morgan fingerprint density at radius 2 is 1.96 bits per heavy atom. The van der Waals surface area contributed by atoms with Crippen LogP contribution >= 0.6 is 0 Å². The predicted octanol–water partition coefficient (Wildman–Crippen LogP) is 2.73. The third-order valence-corrected chi connectivity index (χ3v) is 3.15. The number of ether oxygens (including phenoxy) is 1. The van der Waals surface area contributed by atoms with E-state index in [9.17, 15) is 18.0 Å². The number of aromatic nitrogens is 3. The van der Waals surface area contributed by atoms with Crippen molar-refractivity contribution in [1.29, 1.82) is 0 Å². The third kappa shape index (κ3) is 4.97. The normalized spacial score (nSPS) is 11.6. The number of carbonyl (C=O) groups excluding carboxylic acids is 1. The lowest BCUT2D eigenvalue weighted by molar-refractivity contribution is -0.274. The second kappa shape index (κ2) is 7.33. The van der Waals surface area contributed by atoms with E-state index in [2.05, 4.69) is 20.3 Å². The van der Waals surface area contributed by atoms with Gasteiger partial charge in [-0.3, -0.25) is 4.79 Å². The van der Waals surface area contributed by atoms with Crippen molar-refractivity contribution in [2.24, 2.45) is 0 Å². The lowest BCUT2D eigenvalue weighted by Gasteiger charge is -2.11. The first-order valence-corrected chi connectivity index (χ1v) is 7.28. The number of amides is 1. The zero-order valence-corrected chi connectivity index (χ0v) is 13.2. The van der Waals surface area contributed by atoms with E-state index in [1.165, 1.54) is 12.1 Å². The molecule has 9 heteroatoms. The van der Waals surface area contributed by atoms with Gasteiger partial charge in [0.1, 0.15) is 17.9 Å². The van der Waals surface area contributed by atoms with Crippen LogP contribution in [0, 0.1) is 0 Å². The highest BCUT2D eigenvalue weighted by molar-refractivity contribution is 5.94. The lowest BCUT2D eigenvalue weighted by atomic mass is 10.2. The molecule has 1 aromatic heterocycles. The van der Waals surface area contributed by atoms with Crippen molar-refractivity contribution in [2.45, 2.75) is 32.7 Å². The van der Waals surface area contributed by atoms with Crippen LogP contribution in [0.5, 0.6) is 5.75 Å². The largest absolute Gasteiger partial charge is 0.573 e. The van der Waals surface area contributed by atoms with Gasteiger partial charge in [-0.2, -0.15) is 0 Å². The van der Waals surface area contributed by atoms with E-state index in [1.807, 2.05) is 18.4 Å². The molecular weight excluding hydrogens is 325 g/mol. The molecule has 2 aromatic rings. The first kappa shape index (κ1) is 17.8. The van der Waals surface area contributed by atoms with E-state index in [0.29, 0.717) is 13.1 Å². The first-order valence-electron chi connectivity index (χ1n) is 7.28. The number of benzene rings is 1. The van der Waals surface area contributed by atoms with Gasteiger partial charge in [-0.05, 0) is 24.3 Å². The van der Waals surface area contributed by atoms with E-state index in [0.717, 1.165) is 18.0 Å². The molecule has 0 atom stereocenters. The number of nitrogens with zero attached hydrogens (tertiary/aromatic N) is 3. The number of carbonyl (C=O) groups is 1. The van der Waals surface area contributed by atoms with E-state index >= 15 is 0 Å². The molecule has 0 radical (unpaired) electrons. The fourth-order valence-electron chi connectivity index (χ4n) is 2.08. The molecule has 24 heavy (non-hydrogen) atoms. The van der Waals surface area contributed by atoms with Crippen LogP contribution in [0.3, 0.4) is 0 Å². The minimum Gasteiger partial charge on any atom is -0.406 e. The standard InChI is InChI=1S/C15H17F3N4O2/c1-10(2)13-21-20-9-22(13)8-7-19-14(23)11-3-5-12(6-4-11)24-15(16,17)18/h3-6,9-10H,7-8H2,1-2H3,(H,19,23). The van der Waals surface area contributed by atoms with Crippen LogP contribution < -0.4 is 10.1 Å². The summed E-state index contributed by atoms with van der Waals surface area (Å²) in [5, 5.41) is 10.5. The summed E-state index contributed by atoms with van der Waals surface area (Å²) in [6.45, 7) is 4.83. The van der Waals surface area contributed by atoms with Gasteiger partial charge in [-0.1, -0.05) is 13.8 Å². The van der Waals surface area contributed by atoms with Crippen LogP contribution in [0.2, 0.25) is 0 Å². The molecule has 0 fully saturated rings. The molecule has 130 valence electrons. The second-order valence-corrected chi connectivity index (χ2v) is 5.37. The smallest absolute Gasteiger partial charge is 0.406 e. The summed E-state index contributed by atoms with van der Waals surface area (Å²) in [7, 11) is 0. The van der Waals surface area contributed by atoms with Crippen LogP contribution in [0.4, 0.5) is 13.2 Å². The fourth-order valence-corrected chi connectivity index (χ4v) is 2.08. The Labute approximate surface area is 136 Å². The van der Waals surface area contributed by atoms with Crippen molar-refractivity contribution in [3.63, 3.8) is 0 Å². The van der Waals surface area contributed by atoms with Crippen molar-refractivity contribution >= 4 is 5.91 Å². The van der Waals surface area contributed by atoms with Crippen molar-refractivity contribution in [3.05, 3.63) is 42.0 Å². The van der Waals surface area contributed by atoms with Crippen molar-refractivity contribution in [1.82, 2.24) is 20.1 Å². The molecule has 0 spiro atoms. The monoisotopic (exact) mass is 342 g/mol. The number of hydrogen-bond donors (Lipinski definition) is 1.